The summed E-state index contributed by atoms with van der Waals surface area (Å²) in [6.45, 7) is 6.84. The number of nitriles is 1. The second kappa shape index (κ2) is 4.65. The zero-order valence-electron chi connectivity index (χ0n) is 9.92. The summed E-state index contributed by atoms with van der Waals surface area (Å²) >= 11 is 0. The Hall–Kier alpha value is -1.04. The Labute approximate surface area is 92.1 Å². The monoisotopic (exact) mass is 208 g/mol. The Kier molecular flexibility index (Phi) is 3.73. The lowest BCUT2D eigenvalue weighted by molar-refractivity contribution is -0.144. The standard InChI is InChI=1S/C12H20N2O/c1-4-8-14(10(2)3)11(15)12(9-13)6-5-7-12/h10H,4-8H2,1-3H3. The van der Waals surface area contributed by atoms with E-state index in [0.717, 1.165) is 32.2 Å². The van der Waals surface area contributed by atoms with Crippen molar-refractivity contribution < 1.29 is 4.79 Å². The van der Waals surface area contributed by atoms with Crippen LogP contribution in [0.3, 0.4) is 0 Å². The highest BCUT2D eigenvalue weighted by Crippen LogP contribution is 2.42. The Bertz CT molecular complexity index is 274. The summed E-state index contributed by atoms with van der Waals surface area (Å²) in [4.78, 5) is 14.1. The van der Waals surface area contributed by atoms with E-state index in [2.05, 4.69) is 13.0 Å². The van der Waals surface area contributed by atoms with Gasteiger partial charge in [-0.1, -0.05) is 6.92 Å². The lowest BCUT2D eigenvalue weighted by Gasteiger charge is -2.39. The minimum atomic E-state index is -0.681. The van der Waals surface area contributed by atoms with Crippen LogP contribution in [-0.4, -0.2) is 23.4 Å². The van der Waals surface area contributed by atoms with Crippen molar-refractivity contribution in [2.24, 2.45) is 5.41 Å². The quantitative estimate of drug-likeness (QED) is 0.711. The maximum Gasteiger partial charge on any atom is 0.243 e. The predicted octanol–water partition coefficient (Wildman–Crippen LogP) is 2.33. The van der Waals surface area contributed by atoms with Gasteiger partial charge in [-0.3, -0.25) is 4.79 Å². The molecule has 0 aromatic rings. The Balaban J connectivity index is 2.76. The molecule has 1 aliphatic rings. The van der Waals surface area contributed by atoms with Gasteiger partial charge in [0, 0.05) is 12.6 Å². The first-order valence-corrected chi connectivity index (χ1v) is 5.79. The third-order valence-corrected chi connectivity index (χ3v) is 3.18. The Morgan fingerprint density at radius 1 is 1.53 bits per heavy atom. The van der Waals surface area contributed by atoms with E-state index in [9.17, 15) is 4.79 Å². The fourth-order valence-electron chi connectivity index (χ4n) is 2.01. The number of hydrogen-bond donors (Lipinski definition) is 0. The highest BCUT2D eigenvalue weighted by molar-refractivity contribution is 5.86. The van der Waals surface area contributed by atoms with Crippen molar-refractivity contribution in [2.45, 2.75) is 52.5 Å². The molecule has 0 spiro atoms. The van der Waals surface area contributed by atoms with Crippen molar-refractivity contribution in [1.82, 2.24) is 4.90 Å². The summed E-state index contributed by atoms with van der Waals surface area (Å²) in [6, 6.07) is 2.41. The van der Waals surface area contributed by atoms with Gasteiger partial charge >= 0.3 is 0 Å². The number of rotatable bonds is 4. The van der Waals surface area contributed by atoms with Gasteiger partial charge in [0.25, 0.3) is 0 Å². The van der Waals surface area contributed by atoms with Crippen molar-refractivity contribution in [3.63, 3.8) is 0 Å². The molecule has 0 aromatic carbocycles. The van der Waals surface area contributed by atoms with Crippen LogP contribution in [0.15, 0.2) is 0 Å². The van der Waals surface area contributed by atoms with E-state index in [1.807, 2.05) is 18.7 Å². The van der Waals surface area contributed by atoms with Gasteiger partial charge < -0.3 is 4.90 Å². The lowest BCUT2D eigenvalue weighted by atomic mass is 9.69. The second-order valence-electron chi connectivity index (χ2n) is 4.64. The highest BCUT2D eigenvalue weighted by atomic mass is 16.2. The van der Waals surface area contributed by atoms with E-state index < -0.39 is 5.41 Å². The van der Waals surface area contributed by atoms with Gasteiger partial charge in [-0.25, -0.2) is 0 Å². The number of amides is 1. The molecule has 1 amide bonds. The highest BCUT2D eigenvalue weighted by Gasteiger charge is 2.47. The van der Waals surface area contributed by atoms with Gasteiger partial charge in [-0.2, -0.15) is 5.26 Å². The van der Waals surface area contributed by atoms with E-state index in [1.165, 1.54) is 0 Å². The van der Waals surface area contributed by atoms with E-state index in [0.29, 0.717) is 0 Å². The zero-order chi connectivity index (χ0) is 11.5. The van der Waals surface area contributed by atoms with Crippen molar-refractivity contribution in [1.29, 1.82) is 5.26 Å². The van der Waals surface area contributed by atoms with Crippen LogP contribution in [0.25, 0.3) is 0 Å². The molecule has 1 aliphatic carbocycles. The maximum absolute atomic E-state index is 12.2. The molecule has 0 N–H and O–H groups in total. The van der Waals surface area contributed by atoms with Crippen molar-refractivity contribution in [3.05, 3.63) is 0 Å². The summed E-state index contributed by atoms with van der Waals surface area (Å²) in [5.41, 5.74) is -0.681. The van der Waals surface area contributed by atoms with E-state index >= 15 is 0 Å². The first kappa shape index (κ1) is 12.0. The van der Waals surface area contributed by atoms with Gasteiger partial charge in [-0.05, 0) is 39.5 Å². The largest absolute Gasteiger partial charge is 0.339 e. The predicted molar refractivity (Wildman–Crippen MR) is 59.0 cm³/mol. The molecule has 0 aromatic heterocycles. The van der Waals surface area contributed by atoms with Gasteiger partial charge in [0.05, 0.1) is 6.07 Å². The molecule has 0 saturated heterocycles. The van der Waals surface area contributed by atoms with Crippen LogP contribution in [0.2, 0.25) is 0 Å². The molecule has 3 heteroatoms. The smallest absolute Gasteiger partial charge is 0.243 e. The molecule has 3 nitrogen and oxygen atoms in total. The molecular formula is C12H20N2O. The minimum Gasteiger partial charge on any atom is -0.339 e. The molecule has 15 heavy (non-hydrogen) atoms. The van der Waals surface area contributed by atoms with Crippen LogP contribution in [-0.2, 0) is 4.79 Å². The van der Waals surface area contributed by atoms with E-state index in [1.54, 1.807) is 0 Å². The van der Waals surface area contributed by atoms with Crippen molar-refractivity contribution in [2.75, 3.05) is 6.54 Å². The molecule has 0 atom stereocenters. The lowest BCUT2D eigenvalue weighted by Crippen LogP contribution is -2.49. The number of carbonyl (C=O) groups excluding carboxylic acids is 1. The van der Waals surface area contributed by atoms with E-state index in [4.69, 9.17) is 5.26 Å². The van der Waals surface area contributed by atoms with Crippen molar-refractivity contribution in [3.8, 4) is 6.07 Å². The summed E-state index contributed by atoms with van der Waals surface area (Å²) in [7, 11) is 0. The average Bonchev–Trinajstić information content (AvgIpc) is 2.12. The third kappa shape index (κ3) is 2.14. The third-order valence-electron chi connectivity index (χ3n) is 3.18. The number of nitrogens with zero attached hydrogens (tertiary/aromatic N) is 2. The van der Waals surface area contributed by atoms with Crippen LogP contribution in [0.1, 0.15) is 46.5 Å². The normalized spacial score (nSPS) is 18.1. The van der Waals surface area contributed by atoms with Crippen LogP contribution in [0, 0.1) is 16.7 Å². The summed E-state index contributed by atoms with van der Waals surface area (Å²) in [5.74, 6) is 0.0492. The molecular weight excluding hydrogens is 188 g/mol. The molecule has 0 bridgehead atoms. The van der Waals surface area contributed by atoms with Gasteiger partial charge in [-0.15, -0.1) is 0 Å². The Morgan fingerprint density at radius 3 is 2.40 bits per heavy atom. The fourth-order valence-corrected chi connectivity index (χ4v) is 2.01. The van der Waals surface area contributed by atoms with Crippen molar-refractivity contribution >= 4 is 5.91 Å². The van der Waals surface area contributed by atoms with Gasteiger partial charge in [0.1, 0.15) is 5.41 Å². The molecule has 0 heterocycles. The van der Waals surface area contributed by atoms with E-state index in [-0.39, 0.29) is 11.9 Å². The Morgan fingerprint density at radius 2 is 2.13 bits per heavy atom. The maximum atomic E-state index is 12.2. The van der Waals surface area contributed by atoms with Crippen LogP contribution < -0.4 is 0 Å². The molecule has 1 fully saturated rings. The molecule has 0 radical (unpaired) electrons. The van der Waals surface area contributed by atoms with Crippen LogP contribution in [0.4, 0.5) is 0 Å². The number of carbonyl (C=O) groups is 1. The zero-order valence-corrected chi connectivity index (χ0v) is 9.92. The topological polar surface area (TPSA) is 44.1 Å². The first-order chi connectivity index (χ1) is 7.07. The molecule has 84 valence electrons. The SMILES string of the molecule is CCCN(C(=O)C1(C#N)CCC1)C(C)C. The molecule has 1 saturated carbocycles. The molecule has 1 rings (SSSR count). The summed E-state index contributed by atoms with van der Waals surface area (Å²) < 4.78 is 0. The van der Waals surface area contributed by atoms with Crippen LogP contribution >= 0.6 is 0 Å². The summed E-state index contributed by atoms with van der Waals surface area (Å²) in [6.07, 6.45) is 3.45. The fraction of sp³-hybridized carbons (Fsp3) is 0.833. The van der Waals surface area contributed by atoms with Gasteiger partial charge in [0.2, 0.25) is 5.91 Å². The van der Waals surface area contributed by atoms with Crippen LogP contribution in [0.5, 0.6) is 0 Å². The summed E-state index contributed by atoms with van der Waals surface area (Å²) in [5, 5.41) is 9.11. The van der Waals surface area contributed by atoms with Gasteiger partial charge in [0.15, 0.2) is 0 Å². The molecule has 0 aliphatic heterocycles. The first-order valence-electron chi connectivity index (χ1n) is 5.79. The minimum absolute atomic E-state index is 0.0492. The second-order valence-corrected chi connectivity index (χ2v) is 4.64. The average molecular weight is 208 g/mol. The number of hydrogen-bond acceptors (Lipinski definition) is 2. The molecule has 0 unspecified atom stereocenters.